The molecule has 2 aromatic heterocycles. The van der Waals surface area contributed by atoms with E-state index in [1.807, 2.05) is 0 Å². The minimum atomic E-state index is -0.167. The van der Waals surface area contributed by atoms with E-state index in [0.717, 1.165) is 16.6 Å². The van der Waals surface area contributed by atoms with Crippen molar-refractivity contribution in [1.82, 2.24) is 4.57 Å². The smallest absolute Gasteiger partial charge is 0.333 e. The Balaban J connectivity index is 1.17. The van der Waals surface area contributed by atoms with E-state index >= 15 is 0 Å². The summed E-state index contributed by atoms with van der Waals surface area (Å²) in [5.74, 6) is 0. The zero-order valence-electron chi connectivity index (χ0n) is 40.3. The molecule has 322 valence electrons. The van der Waals surface area contributed by atoms with Crippen molar-refractivity contribution in [2.75, 3.05) is 4.81 Å². The van der Waals surface area contributed by atoms with Crippen LogP contribution in [0.1, 0.15) is 129 Å². The number of hydrogen-bond donors (Lipinski definition) is 0. The topological polar surface area (TPSA) is 21.3 Å². The third-order valence-electron chi connectivity index (χ3n) is 16.8. The summed E-state index contributed by atoms with van der Waals surface area (Å²) in [5.41, 5.74) is 25.0. The maximum absolute atomic E-state index is 6.87. The standard InChI is InChI=1S/C61H59BN2O/c1-57(2,3)34-17-20-36(21-18-34)64-51-32-42-41-30-46-47(60(9,10)28-27-59(46,7)8)33-45(41)61(11,12)44(42)31-43(51)38-22-23-40-53-50(26-24-39-37-15-13-14-16-52(37)65-56(39)53)63-49-25-19-35(58(4,5)6)29-48(49)62(64)54(38)55(40)63/h13-26,29-33H,27-28H2,1-12H3. The highest BCUT2D eigenvalue weighted by Gasteiger charge is 2.48. The van der Waals surface area contributed by atoms with Gasteiger partial charge in [0.1, 0.15) is 11.2 Å². The highest BCUT2D eigenvalue weighted by Crippen LogP contribution is 2.58. The molecule has 4 aliphatic rings. The fraction of sp³-hybridized carbons (Fsp3) is 0.311. The molecule has 0 N–H and O–H groups in total. The third-order valence-corrected chi connectivity index (χ3v) is 16.8. The van der Waals surface area contributed by atoms with Crippen LogP contribution >= 0.6 is 0 Å². The predicted molar refractivity (Wildman–Crippen MR) is 277 cm³/mol. The number of anilines is 2. The molecular weight excluding hydrogens is 787 g/mol. The molecule has 0 amide bonds. The minimum absolute atomic E-state index is 0.0350. The molecule has 2 aliphatic heterocycles. The van der Waals surface area contributed by atoms with Crippen LogP contribution in [0.4, 0.5) is 11.4 Å². The van der Waals surface area contributed by atoms with Gasteiger partial charge in [-0.15, -0.1) is 0 Å². The fourth-order valence-corrected chi connectivity index (χ4v) is 12.8. The van der Waals surface area contributed by atoms with Gasteiger partial charge >= 0.3 is 6.85 Å². The zero-order chi connectivity index (χ0) is 45.1. The van der Waals surface area contributed by atoms with E-state index in [-0.39, 0.29) is 33.9 Å². The Morgan fingerprint density at radius 3 is 1.89 bits per heavy atom. The van der Waals surface area contributed by atoms with Gasteiger partial charge in [0.05, 0.1) is 16.4 Å². The molecule has 0 saturated carbocycles. The first-order valence-electron chi connectivity index (χ1n) is 24.1. The lowest BCUT2D eigenvalue weighted by molar-refractivity contribution is 0.331. The first-order valence-corrected chi connectivity index (χ1v) is 24.1. The average Bonchev–Trinajstić information content (AvgIpc) is 3.88. The maximum atomic E-state index is 6.87. The van der Waals surface area contributed by atoms with Crippen LogP contribution < -0.4 is 15.7 Å². The van der Waals surface area contributed by atoms with E-state index in [1.54, 1.807) is 0 Å². The lowest BCUT2D eigenvalue weighted by Gasteiger charge is -2.43. The van der Waals surface area contributed by atoms with Crippen molar-refractivity contribution in [3.63, 3.8) is 0 Å². The van der Waals surface area contributed by atoms with E-state index in [1.165, 1.54) is 124 Å². The molecule has 65 heavy (non-hydrogen) atoms. The van der Waals surface area contributed by atoms with Gasteiger partial charge in [0.2, 0.25) is 0 Å². The summed E-state index contributed by atoms with van der Waals surface area (Å²) in [6, 6.07) is 45.3. The molecule has 0 saturated heterocycles. The van der Waals surface area contributed by atoms with E-state index in [9.17, 15) is 0 Å². The molecule has 0 spiro atoms. The fourth-order valence-electron chi connectivity index (χ4n) is 12.8. The number of aromatic nitrogens is 1. The molecule has 0 radical (unpaired) electrons. The summed E-state index contributed by atoms with van der Waals surface area (Å²) in [6.45, 7) is 28.7. The van der Waals surface area contributed by atoms with Crippen molar-refractivity contribution in [3.05, 3.63) is 149 Å². The van der Waals surface area contributed by atoms with Crippen LogP contribution in [-0.2, 0) is 27.1 Å². The summed E-state index contributed by atoms with van der Waals surface area (Å²) in [5, 5.41) is 4.77. The molecule has 2 aliphatic carbocycles. The largest absolute Gasteiger partial charge is 0.455 e. The SMILES string of the molecule is CC(C)(C)c1ccc(N2B3c4cc(C(C)(C)C)ccc4-n4c5ccc6c7ccccc7oc6c5c5ccc(c3c54)-c3cc4c(cc32)-c2cc3c(cc2C4(C)C)C(C)(C)CCC3(C)C)cc1. The van der Waals surface area contributed by atoms with Crippen LogP contribution in [0.3, 0.4) is 0 Å². The lowest BCUT2D eigenvalue weighted by atomic mass is 9.43. The van der Waals surface area contributed by atoms with Gasteiger partial charge in [-0.3, -0.25) is 0 Å². The Morgan fingerprint density at radius 1 is 0.538 bits per heavy atom. The Kier molecular flexibility index (Phi) is 7.43. The Bertz CT molecular complexity index is 3600. The summed E-state index contributed by atoms with van der Waals surface area (Å²) in [6.07, 6.45) is 2.41. The van der Waals surface area contributed by atoms with Gasteiger partial charge in [-0.05, 0) is 150 Å². The number of para-hydroxylation sites is 1. The summed E-state index contributed by atoms with van der Waals surface area (Å²) in [4.78, 5) is 2.73. The zero-order valence-corrected chi connectivity index (χ0v) is 40.3. The van der Waals surface area contributed by atoms with E-state index in [0.29, 0.717) is 0 Å². The van der Waals surface area contributed by atoms with Gasteiger partial charge in [-0.25, -0.2) is 0 Å². The average molecular weight is 847 g/mol. The number of hydrogen-bond acceptors (Lipinski definition) is 2. The van der Waals surface area contributed by atoms with Gasteiger partial charge in [-0.1, -0.05) is 144 Å². The second-order valence-corrected chi connectivity index (χ2v) is 24.0. The molecule has 0 unspecified atom stereocenters. The second kappa shape index (κ2) is 12.3. The second-order valence-electron chi connectivity index (χ2n) is 24.0. The van der Waals surface area contributed by atoms with Crippen molar-refractivity contribution < 1.29 is 4.42 Å². The van der Waals surface area contributed by atoms with Gasteiger partial charge < -0.3 is 13.8 Å². The maximum Gasteiger partial charge on any atom is 0.333 e. The highest BCUT2D eigenvalue weighted by atomic mass is 16.3. The van der Waals surface area contributed by atoms with Crippen molar-refractivity contribution in [2.24, 2.45) is 0 Å². The Hall–Kier alpha value is -6.00. The normalized spacial score (nSPS) is 17.4. The highest BCUT2D eigenvalue weighted by molar-refractivity contribution is 6.93. The van der Waals surface area contributed by atoms with Crippen LogP contribution in [0.5, 0.6) is 0 Å². The molecule has 0 atom stereocenters. The van der Waals surface area contributed by atoms with Crippen LogP contribution in [-0.4, -0.2) is 11.4 Å². The van der Waals surface area contributed by atoms with Crippen molar-refractivity contribution in [2.45, 2.75) is 123 Å². The number of nitrogens with zero attached hydrogens (tertiary/aromatic N) is 2. The molecule has 9 aromatic rings. The van der Waals surface area contributed by atoms with Crippen LogP contribution in [0.25, 0.3) is 71.7 Å². The Morgan fingerprint density at radius 2 is 1.17 bits per heavy atom. The molecule has 4 heterocycles. The predicted octanol–water partition coefficient (Wildman–Crippen LogP) is 15.2. The minimum Gasteiger partial charge on any atom is -0.455 e. The van der Waals surface area contributed by atoms with E-state index in [2.05, 4.69) is 208 Å². The van der Waals surface area contributed by atoms with E-state index < -0.39 is 0 Å². The molecule has 0 bridgehead atoms. The van der Waals surface area contributed by atoms with Crippen molar-refractivity contribution in [1.29, 1.82) is 0 Å². The number of rotatable bonds is 1. The lowest BCUT2D eigenvalue weighted by Crippen LogP contribution is -2.60. The molecule has 4 heteroatoms. The molecule has 13 rings (SSSR count). The summed E-state index contributed by atoms with van der Waals surface area (Å²) >= 11 is 0. The molecule has 0 fully saturated rings. The van der Waals surface area contributed by atoms with Crippen LogP contribution in [0.15, 0.2) is 120 Å². The molecule has 3 nitrogen and oxygen atoms in total. The number of fused-ring (bicyclic) bond motifs is 16. The quantitative estimate of drug-likeness (QED) is 0.154. The van der Waals surface area contributed by atoms with Crippen LogP contribution in [0.2, 0.25) is 0 Å². The van der Waals surface area contributed by atoms with Gasteiger partial charge in [0.25, 0.3) is 0 Å². The first-order chi connectivity index (χ1) is 30.7. The van der Waals surface area contributed by atoms with E-state index in [4.69, 9.17) is 4.42 Å². The van der Waals surface area contributed by atoms with Crippen LogP contribution in [0, 0.1) is 0 Å². The third kappa shape index (κ3) is 5.09. The van der Waals surface area contributed by atoms with Gasteiger partial charge in [0, 0.05) is 44.2 Å². The van der Waals surface area contributed by atoms with Crippen molar-refractivity contribution >= 4 is 72.9 Å². The summed E-state index contributed by atoms with van der Waals surface area (Å²) < 4.78 is 9.45. The number of furan rings is 1. The van der Waals surface area contributed by atoms with Crippen molar-refractivity contribution in [3.8, 4) is 27.9 Å². The van der Waals surface area contributed by atoms with Gasteiger partial charge in [0.15, 0.2) is 0 Å². The Labute approximate surface area is 384 Å². The molecule has 7 aromatic carbocycles. The monoisotopic (exact) mass is 846 g/mol. The number of benzene rings is 7. The summed E-state index contributed by atoms with van der Waals surface area (Å²) in [7, 11) is 0. The molecular formula is C61H59BN2O. The first kappa shape index (κ1) is 39.4. The van der Waals surface area contributed by atoms with Gasteiger partial charge in [-0.2, -0.15) is 0 Å².